The third-order valence-corrected chi connectivity index (χ3v) is 5.35. The molecule has 0 heterocycles. The summed E-state index contributed by atoms with van der Waals surface area (Å²) in [6, 6.07) is 5.72. The fourth-order valence-electron chi connectivity index (χ4n) is 3.70. The largest absolute Gasteiger partial charge is 0.480 e. The Morgan fingerprint density at radius 3 is 2.58 bits per heavy atom. The molecule has 2 N–H and O–H groups in total. The van der Waals surface area contributed by atoms with Crippen LogP contribution in [-0.2, 0) is 26.3 Å². The van der Waals surface area contributed by atoms with Crippen molar-refractivity contribution in [3.05, 3.63) is 58.2 Å². The molecule has 2 aliphatic rings. The number of benzene rings is 1. The lowest BCUT2D eigenvalue weighted by molar-refractivity contribution is -0.142. The lowest BCUT2D eigenvalue weighted by atomic mass is 9.69. The van der Waals surface area contributed by atoms with E-state index in [1.54, 1.807) is 25.1 Å². The Morgan fingerprint density at radius 1 is 1.27 bits per heavy atom. The Labute approximate surface area is 153 Å². The second-order valence-corrected chi connectivity index (χ2v) is 7.04. The molecule has 3 rings (SSSR count). The molecule has 5 nitrogen and oxygen atoms in total. The molecular formula is C21H24O5. The first kappa shape index (κ1) is 18.4. The van der Waals surface area contributed by atoms with Crippen molar-refractivity contribution in [1.29, 1.82) is 0 Å². The maximum atomic E-state index is 12.4. The van der Waals surface area contributed by atoms with Gasteiger partial charge in [0.2, 0.25) is 0 Å². The quantitative estimate of drug-likeness (QED) is 0.777. The minimum atomic E-state index is -1.38. The third-order valence-electron chi connectivity index (χ3n) is 5.35. The number of carbonyl (C=O) groups is 2. The predicted molar refractivity (Wildman–Crippen MR) is 97.2 cm³/mol. The van der Waals surface area contributed by atoms with E-state index in [1.807, 2.05) is 19.1 Å². The van der Waals surface area contributed by atoms with E-state index < -0.39 is 17.4 Å². The Hall–Kier alpha value is -2.40. The van der Waals surface area contributed by atoms with E-state index in [1.165, 1.54) is 0 Å². The highest BCUT2D eigenvalue weighted by Gasteiger charge is 2.44. The number of hydrogen-bond acceptors (Lipinski definition) is 3. The van der Waals surface area contributed by atoms with E-state index in [0.717, 1.165) is 24.0 Å². The molecule has 1 unspecified atom stereocenters. The van der Waals surface area contributed by atoms with E-state index in [-0.39, 0.29) is 12.0 Å². The van der Waals surface area contributed by atoms with Gasteiger partial charge in [-0.3, -0.25) is 4.79 Å². The summed E-state index contributed by atoms with van der Waals surface area (Å²) in [5.74, 6) is -1.66. The zero-order valence-electron chi connectivity index (χ0n) is 15.1. The molecule has 0 spiro atoms. The summed E-state index contributed by atoms with van der Waals surface area (Å²) in [5.41, 5.74) is 2.03. The molecule has 0 radical (unpaired) electrons. The minimum absolute atomic E-state index is 0.0623. The van der Waals surface area contributed by atoms with Crippen LogP contribution in [-0.4, -0.2) is 28.8 Å². The van der Waals surface area contributed by atoms with E-state index in [9.17, 15) is 19.8 Å². The maximum Gasteiger partial charge on any atom is 0.331 e. The fraction of sp³-hybridized carbons (Fsp3) is 0.429. The molecule has 0 aromatic heterocycles. The molecule has 1 fully saturated rings. The molecule has 138 valence electrons. The average molecular weight is 356 g/mol. The van der Waals surface area contributed by atoms with Crippen molar-refractivity contribution in [2.45, 2.75) is 51.0 Å². The van der Waals surface area contributed by atoms with E-state index in [0.29, 0.717) is 30.3 Å². The van der Waals surface area contributed by atoms with Gasteiger partial charge in [0.15, 0.2) is 0 Å². The van der Waals surface area contributed by atoms with Crippen LogP contribution < -0.4 is 0 Å². The lowest BCUT2D eigenvalue weighted by Gasteiger charge is -2.33. The van der Waals surface area contributed by atoms with Gasteiger partial charge in [-0.05, 0) is 54.9 Å². The molecule has 0 bridgehead atoms. The second kappa shape index (κ2) is 7.08. The number of carboxylic acid groups (broad SMARTS) is 2. The molecular weight excluding hydrogens is 332 g/mol. The molecule has 2 aliphatic carbocycles. The van der Waals surface area contributed by atoms with Gasteiger partial charge in [0.25, 0.3) is 0 Å². The fourth-order valence-corrected chi connectivity index (χ4v) is 3.70. The summed E-state index contributed by atoms with van der Waals surface area (Å²) in [7, 11) is 0. The van der Waals surface area contributed by atoms with Crippen molar-refractivity contribution >= 4 is 11.9 Å². The summed E-state index contributed by atoms with van der Waals surface area (Å²) in [4.78, 5) is 24.0. The van der Waals surface area contributed by atoms with Crippen LogP contribution in [0.25, 0.3) is 0 Å². The van der Waals surface area contributed by atoms with Gasteiger partial charge in [-0.15, -0.1) is 0 Å². The van der Waals surface area contributed by atoms with Crippen LogP contribution in [0.2, 0.25) is 0 Å². The Kier molecular flexibility index (Phi) is 5.01. The van der Waals surface area contributed by atoms with E-state index in [4.69, 9.17) is 4.74 Å². The molecule has 26 heavy (non-hydrogen) atoms. The summed E-state index contributed by atoms with van der Waals surface area (Å²) < 4.78 is 5.64. The smallest absolute Gasteiger partial charge is 0.331 e. The predicted octanol–water partition coefficient (Wildman–Crippen LogP) is 3.78. The van der Waals surface area contributed by atoms with Crippen LogP contribution in [0.5, 0.6) is 0 Å². The molecule has 1 aromatic carbocycles. The zero-order chi connectivity index (χ0) is 18.9. The van der Waals surface area contributed by atoms with Crippen molar-refractivity contribution in [3.63, 3.8) is 0 Å². The van der Waals surface area contributed by atoms with Gasteiger partial charge in [0.1, 0.15) is 5.41 Å². The van der Waals surface area contributed by atoms with E-state index in [2.05, 4.69) is 0 Å². The molecule has 5 heteroatoms. The van der Waals surface area contributed by atoms with Crippen molar-refractivity contribution in [1.82, 2.24) is 0 Å². The SMILES string of the molecule is CCOCc1c(C2CC2)cccc1C1(C(=O)O)C=CC(C)=C(C(=O)O)C1. The van der Waals surface area contributed by atoms with Crippen LogP contribution in [0.1, 0.15) is 55.7 Å². The number of rotatable bonds is 7. The lowest BCUT2D eigenvalue weighted by Crippen LogP contribution is -2.38. The van der Waals surface area contributed by atoms with Crippen molar-refractivity contribution in [3.8, 4) is 0 Å². The van der Waals surface area contributed by atoms with Gasteiger partial charge in [0.05, 0.1) is 6.61 Å². The van der Waals surface area contributed by atoms with Gasteiger partial charge in [-0.1, -0.05) is 30.4 Å². The highest BCUT2D eigenvalue weighted by molar-refractivity contribution is 5.94. The van der Waals surface area contributed by atoms with Gasteiger partial charge >= 0.3 is 11.9 Å². The van der Waals surface area contributed by atoms with Gasteiger partial charge in [-0.2, -0.15) is 0 Å². The standard InChI is InChI=1S/C21H24O5/c1-3-26-12-17-15(14-7-8-14)5-4-6-18(17)21(20(24)25)10-9-13(2)16(11-21)19(22)23/h4-6,9-10,14H,3,7-8,11-12H2,1-2H3,(H,22,23)(H,24,25). The van der Waals surface area contributed by atoms with Crippen LogP contribution in [0.15, 0.2) is 41.5 Å². The first-order valence-corrected chi connectivity index (χ1v) is 8.96. The number of carboxylic acids is 2. The summed E-state index contributed by atoms with van der Waals surface area (Å²) in [6.45, 7) is 4.48. The summed E-state index contributed by atoms with van der Waals surface area (Å²) in [5, 5.41) is 19.6. The van der Waals surface area contributed by atoms with Crippen LogP contribution in [0, 0.1) is 0 Å². The molecule has 1 aromatic rings. The van der Waals surface area contributed by atoms with Crippen molar-refractivity contribution in [2.24, 2.45) is 0 Å². The highest BCUT2D eigenvalue weighted by Crippen LogP contribution is 2.46. The molecule has 0 amide bonds. The van der Waals surface area contributed by atoms with Gasteiger partial charge < -0.3 is 14.9 Å². The van der Waals surface area contributed by atoms with E-state index >= 15 is 0 Å². The first-order valence-electron chi connectivity index (χ1n) is 8.96. The van der Waals surface area contributed by atoms with Crippen molar-refractivity contribution < 1.29 is 24.5 Å². The zero-order valence-corrected chi connectivity index (χ0v) is 15.1. The minimum Gasteiger partial charge on any atom is -0.480 e. The first-order chi connectivity index (χ1) is 12.4. The van der Waals surface area contributed by atoms with Crippen LogP contribution in [0.3, 0.4) is 0 Å². The van der Waals surface area contributed by atoms with Gasteiger partial charge in [-0.25, -0.2) is 4.79 Å². The monoisotopic (exact) mass is 356 g/mol. The summed E-state index contributed by atoms with van der Waals surface area (Å²) in [6.07, 6.45) is 5.39. The number of hydrogen-bond donors (Lipinski definition) is 2. The molecule has 0 saturated heterocycles. The average Bonchev–Trinajstić information content (AvgIpc) is 3.45. The Morgan fingerprint density at radius 2 is 2.00 bits per heavy atom. The van der Waals surface area contributed by atoms with Gasteiger partial charge in [0, 0.05) is 18.6 Å². The molecule has 1 saturated carbocycles. The van der Waals surface area contributed by atoms with Crippen LogP contribution in [0.4, 0.5) is 0 Å². The normalized spacial score (nSPS) is 22.5. The van der Waals surface area contributed by atoms with Crippen molar-refractivity contribution in [2.75, 3.05) is 6.61 Å². The number of ether oxygens (including phenoxy) is 1. The highest BCUT2D eigenvalue weighted by atomic mass is 16.5. The Balaban J connectivity index is 2.15. The topological polar surface area (TPSA) is 83.8 Å². The number of aliphatic carboxylic acids is 2. The summed E-state index contributed by atoms with van der Waals surface area (Å²) >= 11 is 0. The molecule has 1 atom stereocenters. The van der Waals surface area contributed by atoms with Crippen LogP contribution >= 0.6 is 0 Å². The second-order valence-electron chi connectivity index (χ2n) is 7.04. The molecule has 0 aliphatic heterocycles. The third kappa shape index (κ3) is 3.19. The maximum absolute atomic E-state index is 12.4. The Bertz CT molecular complexity index is 801. The number of allylic oxidation sites excluding steroid dienone is 2.